The van der Waals surface area contributed by atoms with Crippen molar-refractivity contribution in [3.05, 3.63) is 72.3 Å². The predicted molar refractivity (Wildman–Crippen MR) is 276 cm³/mol. The van der Waals surface area contributed by atoms with Gasteiger partial charge in [0.15, 0.2) is 0 Å². The van der Waals surface area contributed by atoms with Gasteiger partial charge in [0.1, 0.15) is 11.5 Å². The first-order chi connectivity index (χ1) is 34.5. The highest BCUT2D eigenvalue weighted by Gasteiger charge is 2.29. The number of rotatable bonds is 33. The van der Waals surface area contributed by atoms with Crippen molar-refractivity contribution in [2.24, 2.45) is 28.8 Å². The molecule has 2 aliphatic carbocycles. The van der Waals surface area contributed by atoms with E-state index in [0.29, 0.717) is 94.6 Å². The zero-order valence-electron chi connectivity index (χ0n) is 42.4. The summed E-state index contributed by atoms with van der Waals surface area (Å²) in [4.78, 5) is 53.7. The number of hydrogen-bond donors (Lipinski definition) is 0. The van der Waals surface area contributed by atoms with Crippen LogP contribution in [0.15, 0.2) is 71.9 Å². The summed E-state index contributed by atoms with van der Waals surface area (Å²) in [6.45, 7) is 14.9. The summed E-state index contributed by atoms with van der Waals surface area (Å²) >= 11 is 1.56. The first kappa shape index (κ1) is 56.6. The molecule has 390 valence electrons. The number of hydrazone groups is 1. The molecule has 0 amide bonds. The maximum atomic E-state index is 12.9. The summed E-state index contributed by atoms with van der Waals surface area (Å²) < 4.78 is 46.6. The van der Waals surface area contributed by atoms with E-state index in [1.807, 2.05) is 41.4 Å². The third-order valence-electron chi connectivity index (χ3n) is 12.7. The van der Waals surface area contributed by atoms with Gasteiger partial charge in [-0.25, -0.2) is 19.6 Å². The second-order valence-corrected chi connectivity index (χ2v) is 19.7. The van der Waals surface area contributed by atoms with E-state index < -0.39 is 0 Å². The number of carbonyl (C=O) groups excluding carboxylic acids is 4. The Morgan fingerprint density at radius 1 is 0.662 bits per heavy atom. The van der Waals surface area contributed by atoms with Crippen molar-refractivity contribution in [3.63, 3.8) is 0 Å². The highest BCUT2D eigenvalue weighted by atomic mass is 32.1. The van der Waals surface area contributed by atoms with Gasteiger partial charge in [-0.15, -0.1) is 0 Å². The molecule has 16 heteroatoms. The fourth-order valence-corrected chi connectivity index (χ4v) is 9.32. The van der Waals surface area contributed by atoms with Crippen molar-refractivity contribution < 1.29 is 57.1 Å². The number of unbranched alkanes of at least 4 members (excludes halogenated alkanes) is 6. The number of ether oxygens (including phenoxy) is 8. The second kappa shape index (κ2) is 31.9. The fourth-order valence-electron chi connectivity index (χ4n) is 8.37. The SMILES string of the molecule is C=C(C)C(=O)OCCCCCCOC(=O)C1CCC(COc2ccc(OCC3CCC(C(=O)OCCCCCCOC(=O)C(=C)C)CC3)c(/C=N/N(CCOCCOC)c3nc4ccccc4s3)c2)CC1. The minimum Gasteiger partial charge on any atom is -0.493 e. The summed E-state index contributed by atoms with van der Waals surface area (Å²) in [7, 11) is 1.65. The van der Waals surface area contributed by atoms with E-state index in [1.54, 1.807) is 38.5 Å². The lowest BCUT2D eigenvalue weighted by Crippen LogP contribution is -2.26. The number of fused-ring (bicyclic) bond motifs is 1. The Morgan fingerprint density at radius 3 is 1.73 bits per heavy atom. The topological polar surface area (TPSA) is 171 Å². The number of benzene rings is 2. The first-order valence-electron chi connectivity index (χ1n) is 25.6. The van der Waals surface area contributed by atoms with Crippen molar-refractivity contribution >= 4 is 56.8 Å². The lowest BCUT2D eigenvalue weighted by Gasteiger charge is -2.28. The lowest BCUT2D eigenvalue weighted by molar-refractivity contribution is -0.151. The van der Waals surface area contributed by atoms with E-state index in [-0.39, 0.29) is 41.6 Å². The molecule has 1 heterocycles. The number of methoxy groups -OCH3 is 1. The molecule has 2 aromatic carbocycles. The van der Waals surface area contributed by atoms with Gasteiger partial charge in [0.25, 0.3) is 0 Å². The van der Waals surface area contributed by atoms with Crippen LogP contribution in [0.1, 0.15) is 122 Å². The van der Waals surface area contributed by atoms with Gasteiger partial charge in [0.2, 0.25) is 5.13 Å². The number of anilines is 1. The summed E-state index contributed by atoms with van der Waals surface area (Å²) in [6.07, 6.45) is 15.0. The van der Waals surface area contributed by atoms with Crippen LogP contribution in [-0.4, -0.2) is 108 Å². The smallest absolute Gasteiger partial charge is 0.333 e. The summed E-state index contributed by atoms with van der Waals surface area (Å²) in [6, 6.07) is 13.9. The molecule has 15 nitrogen and oxygen atoms in total. The van der Waals surface area contributed by atoms with Crippen LogP contribution in [0, 0.1) is 23.7 Å². The number of aromatic nitrogens is 1. The Labute approximate surface area is 424 Å². The minimum atomic E-state index is -0.362. The molecule has 1 aromatic heterocycles. The van der Waals surface area contributed by atoms with E-state index >= 15 is 0 Å². The molecule has 0 bridgehead atoms. The molecule has 0 N–H and O–H groups in total. The fraction of sp³-hybridized carbons (Fsp3) is 0.600. The van der Waals surface area contributed by atoms with Crippen molar-refractivity contribution in [1.82, 2.24) is 4.98 Å². The van der Waals surface area contributed by atoms with Crippen LogP contribution >= 0.6 is 11.3 Å². The van der Waals surface area contributed by atoms with Crippen LogP contribution in [-0.2, 0) is 47.6 Å². The van der Waals surface area contributed by atoms with E-state index in [9.17, 15) is 19.2 Å². The van der Waals surface area contributed by atoms with Gasteiger partial charge in [0, 0.05) is 23.8 Å². The third kappa shape index (κ3) is 20.7. The van der Waals surface area contributed by atoms with Crippen molar-refractivity contribution in [1.29, 1.82) is 0 Å². The van der Waals surface area contributed by atoms with Crippen molar-refractivity contribution in [2.45, 2.75) is 117 Å². The monoisotopic (exact) mass is 1000 g/mol. The van der Waals surface area contributed by atoms with Gasteiger partial charge in [-0.1, -0.05) is 36.6 Å². The molecule has 0 radical (unpaired) electrons. The van der Waals surface area contributed by atoms with Crippen LogP contribution in [0.5, 0.6) is 11.5 Å². The molecule has 0 atom stereocenters. The van der Waals surface area contributed by atoms with E-state index in [4.69, 9.17) is 48.0 Å². The summed E-state index contributed by atoms with van der Waals surface area (Å²) in [5, 5.41) is 7.57. The summed E-state index contributed by atoms with van der Waals surface area (Å²) in [5.74, 6) is 0.803. The molecule has 71 heavy (non-hydrogen) atoms. The van der Waals surface area contributed by atoms with Gasteiger partial charge in [-0.3, -0.25) is 9.59 Å². The molecule has 2 fully saturated rings. The van der Waals surface area contributed by atoms with Crippen molar-refractivity contribution in [2.75, 3.05) is 78.1 Å². The normalized spacial score (nSPS) is 17.9. The largest absolute Gasteiger partial charge is 0.493 e. The zero-order chi connectivity index (χ0) is 50.6. The molecule has 3 aromatic rings. The third-order valence-corrected chi connectivity index (χ3v) is 13.8. The average molecular weight is 1000 g/mol. The molecule has 0 unspecified atom stereocenters. The Hall–Kier alpha value is -5.32. The maximum Gasteiger partial charge on any atom is 0.333 e. The number of nitrogens with zero attached hydrogens (tertiary/aromatic N) is 3. The highest BCUT2D eigenvalue weighted by molar-refractivity contribution is 7.22. The van der Waals surface area contributed by atoms with Gasteiger partial charge < -0.3 is 37.9 Å². The Balaban J connectivity index is 1.12. The Kier molecular flexibility index (Phi) is 25.4. The maximum absolute atomic E-state index is 12.9. The Morgan fingerprint density at radius 2 is 1.20 bits per heavy atom. The van der Waals surface area contributed by atoms with Crippen LogP contribution < -0.4 is 14.5 Å². The molecule has 0 spiro atoms. The number of hydrogen-bond acceptors (Lipinski definition) is 16. The zero-order valence-corrected chi connectivity index (χ0v) is 43.2. The number of esters is 4. The van der Waals surface area contributed by atoms with Gasteiger partial charge in [-0.2, -0.15) is 5.10 Å². The van der Waals surface area contributed by atoms with E-state index in [1.165, 1.54) is 0 Å². The van der Waals surface area contributed by atoms with Gasteiger partial charge in [0.05, 0.1) is 94.3 Å². The van der Waals surface area contributed by atoms with E-state index in [2.05, 4.69) is 19.2 Å². The number of carbonyl (C=O) groups is 4. The van der Waals surface area contributed by atoms with Crippen LogP contribution in [0.3, 0.4) is 0 Å². The van der Waals surface area contributed by atoms with Crippen molar-refractivity contribution in [3.8, 4) is 11.5 Å². The van der Waals surface area contributed by atoms with E-state index in [0.717, 1.165) is 124 Å². The molecule has 2 saturated carbocycles. The lowest BCUT2D eigenvalue weighted by atomic mass is 9.82. The highest BCUT2D eigenvalue weighted by Crippen LogP contribution is 2.34. The van der Waals surface area contributed by atoms with Crippen LogP contribution in [0.2, 0.25) is 0 Å². The molecule has 2 aliphatic rings. The van der Waals surface area contributed by atoms with Gasteiger partial charge >= 0.3 is 23.9 Å². The van der Waals surface area contributed by atoms with Crippen LogP contribution in [0.4, 0.5) is 5.13 Å². The number of thiazole rings is 1. The molecular weight excluding hydrogens is 927 g/mol. The molecule has 0 saturated heterocycles. The predicted octanol–water partition coefficient (Wildman–Crippen LogP) is 10.6. The second-order valence-electron chi connectivity index (χ2n) is 18.7. The molecule has 5 rings (SSSR count). The molecule has 0 aliphatic heterocycles. The van der Waals surface area contributed by atoms with Gasteiger partial charge in [-0.05, 0) is 159 Å². The number of para-hydroxylation sites is 1. The minimum absolute atomic E-state index is 0.0976. The molecular formula is C55H77N3O12S. The standard InChI is InChI=1S/C55H77N3O12S/c1-40(2)51(59)65-29-12-6-8-14-31-67-53(61)44-22-18-42(19-23-44)38-69-47-26-27-49(46(36-47)37-56-58(28-33-64-35-34-63-5)55-57-48-16-10-11-17-50(48)71-55)70-39-43-20-24-45(25-21-43)54(62)68-32-15-9-7-13-30-66-52(60)41(3)4/h10-11,16-17,26-27,36-37,42-45H,1,3,6-9,12-15,18-25,28-35,38-39H2,2,4-5H3/b56-37+. The Bertz CT molecular complexity index is 2130. The van der Waals surface area contributed by atoms with Crippen LogP contribution in [0.25, 0.3) is 10.2 Å². The quantitative estimate of drug-likeness (QED) is 0.0141. The average Bonchev–Trinajstić information content (AvgIpc) is 3.82. The first-order valence-corrected chi connectivity index (χ1v) is 26.4. The summed E-state index contributed by atoms with van der Waals surface area (Å²) in [5.41, 5.74) is 2.46.